The van der Waals surface area contributed by atoms with E-state index in [4.69, 9.17) is 14.5 Å². The first-order chi connectivity index (χ1) is 15.7. The third-order valence-electron chi connectivity index (χ3n) is 5.51. The number of nitrogens with one attached hydrogen (secondary N) is 3. The van der Waals surface area contributed by atoms with Crippen molar-refractivity contribution in [2.24, 2.45) is 0 Å². The fourth-order valence-electron chi connectivity index (χ4n) is 3.75. The second kappa shape index (κ2) is 13.0. The van der Waals surface area contributed by atoms with Crippen molar-refractivity contribution < 1.29 is 14.3 Å². The van der Waals surface area contributed by atoms with E-state index < -0.39 is 5.92 Å². The van der Waals surface area contributed by atoms with Gasteiger partial charge in [-0.3, -0.25) is 4.79 Å². The number of methoxy groups -OCH3 is 1. The number of ether oxygens (including phenoxy) is 2. The highest BCUT2D eigenvalue weighted by molar-refractivity contribution is 5.78. The molecule has 0 aliphatic carbocycles. The van der Waals surface area contributed by atoms with Gasteiger partial charge in [-0.25, -0.2) is 9.97 Å². The van der Waals surface area contributed by atoms with E-state index in [1.54, 1.807) is 19.4 Å². The van der Waals surface area contributed by atoms with Crippen molar-refractivity contribution >= 4 is 11.8 Å². The van der Waals surface area contributed by atoms with Crippen molar-refractivity contribution in [1.29, 1.82) is 0 Å². The van der Waals surface area contributed by atoms with Gasteiger partial charge in [0.25, 0.3) is 0 Å². The monoisotopic (exact) mass is 441 g/mol. The van der Waals surface area contributed by atoms with Crippen LogP contribution in [0.1, 0.15) is 42.5 Å². The molecule has 3 N–H and O–H groups in total. The molecule has 0 spiro atoms. The lowest BCUT2D eigenvalue weighted by Gasteiger charge is -2.17. The maximum absolute atomic E-state index is 12.4. The van der Waals surface area contributed by atoms with Gasteiger partial charge in [-0.1, -0.05) is 12.1 Å². The molecule has 0 fully saturated rings. The molecular formula is C24H35N5O3. The van der Waals surface area contributed by atoms with Crippen LogP contribution in [0.4, 0.5) is 5.82 Å². The number of aromatic nitrogens is 2. The quantitative estimate of drug-likeness (QED) is 0.322. The van der Waals surface area contributed by atoms with Gasteiger partial charge in [0.1, 0.15) is 5.82 Å². The van der Waals surface area contributed by atoms with Crippen molar-refractivity contribution in [2.75, 3.05) is 51.8 Å². The molecular weight excluding hydrogens is 406 g/mol. The van der Waals surface area contributed by atoms with Crippen LogP contribution in [0.2, 0.25) is 0 Å². The summed E-state index contributed by atoms with van der Waals surface area (Å²) >= 11 is 0. The van der Waals surface area contributed by atoms with Gasteiger partial charge in [-0.15, -0.1) is 0 Å². The highest BCUT2D eigenvalue weighted by Gasteiger charge is 2.22. The lowest BCUT2D eigenvalue weighted by Crippen LogP contribution is -2.33. The number of carbonyl (C=O) groups excluding carboxylic acids is 1. The largest absolute Gasteiger partial charge is 0.481 e. The maximum Gasteiger partial charge on any atom is 0.314 e. The molecule has 2 aromatic heterocycles. The first-order valence-corrected chi connectivity index (χ1v) is 11.5. The Morgan fingerprint density at radius 3 is 2.84 bits per heavy atom. The number of esters is 1. The Balaban J connectivity index is 1.34. The number of pyridine rings is 2. The second-order valence-corrected chi connectivity index (χ2v) is 7.84. The zero-order chi connectivity index (χ0) is 22.6. The molecule has 3 heterocycles. The van der Waals surface area contributed by atoms with E-state index in [1.165, 1.54) is 12.0 Å². The van der Waals surface area contributed by atoms with Gasteiger partial charge in [0.15, 0.2) is 0 Å². The Morgan fingerprint density at radius 2 is 2.06 bits per heavy atom. The van der Waals surface area contributed by atoms with E-state index in [2.05, 4.69) is 33.1 Å². The van der Waals surface area contributed by atoms with E-state index in [0.717, 1.165) is 62.5 Å². The molecule has 0 bridgehead atoms. The van der Waals surface area contributed by atoms with Crippen molar-refractivity contribution in [1.82, 2.24) is 20.6 Å². The number of fused-ring (bicyclic) bond motifs is 1. The molecule has 0 saturated heterocycles. The summed E-state index contributed by atoms with van der Waals surface area (Å²) in [6.45, 7) is 6.21. The van der Waals surface area contributed by atoms with Gasteiger partial charge in [-0.2, -0.15) is 0 Å². The summed E-state index contributed by atoms with van der Waals surface area (Å²) in [5, 5.41) is 10.2. The van der Waals surface area contributed by atoms with Crippen LogP contribution in [-0.2, 0) is 22.4 Å². The molecule has 2 aromatic rings. The number of carbonyl (C=O) groups is 1. The van der Waals surface area contributed by atoms with Gasteiger partial charge in [-0.05, 0) is 56.3 Å². The Hall–Kier alpha value is -2.71. The molecule has 1 aliphatic heterocycles. The molecule has 1 atom stereocenters. The van der Waals surface area contributed by atoms with Gasteiger partial charge >= 0.3 is 5.97 Å². The Bertz CT molecular complexity index is 844. The van der Waals surface area contributed by atoms with E-state index in [-0.39, 0.29) is 5.97 Å². The second-order valence-electron chi connectivity index (χ2n) is 7.84. The molecule has 1 aliphatic rings. The number of aryl methyl sites for hydroxylation is 2. The molecule has 3 rings (SSSR count). The molecule has 174 valence electrons. The van der Waals surface area contributed by atoms with E-state index in [0.29, 0.717) is 19.0 Å². The van der Waals surface area contributed by atoms with Crippen LogP contribution >= 0.6 is 0 Å². The van der Waals surface area contributed by atoms with Gasteiger partial charge in [0, 0.05) is 44.1 Å². The molecule has 8 nitrogen and oxygen atoms in total. The van der Waals surface area contributed by atoms with Crippen LogP contribution < -0.4 is 20.7 Å². The van der Waals surface area contributed by atoms with Crippen LogP contribution in [0.5, 0.6) is 5.88 Å². The first-order valence-electron chi connectivity index (χ1n) is 11.5. The average Bonchev–Trinajstić information content (AvgIpc) is 2.83. The fraction of sp³-hybridized carbons (Fsp3) is 0.542. The summed E-state index contributed by atoms with van der Waals surface area (Å²) in [7, 11) is 1.57. The lowest BCUT2D eigenvalue weighted by molar-refractivity contribution is -0.144. The number of anilines is 1. The lowest BCUT2D eigenvalue weighted by atomic mass is 10.0. The summed E-state index contributed by atoms with van der Waals surface area (Å²) in [5.74, 6) is 0.952. The molecule has 0 unspecified atom stereocenters. The smallest absolute Gasteiger partial charge is 0.314 e. The predicted molar refractivity (Wildman–Crippen MR) is 125 cm³/mol. The SMILES string of the molecule is CCOC(=O)[C@H](CNCCNCCCc1ccc2c(n1)NCCC2)c1ccc(OC)nc1. The summed E-state index contributed by atoms with van der Waals surface area (Å²) in [5.41, 5.74) is 3.29. The van der Waals surface area contributed by atoms with Crippen LogP contribution in [0, 0.1) is 0 Å². The molecule has 32 heavy (non-hydrogen) atoms. The first kappa shape index (κ1) is 23.9. The van der Waals surface area contributed by atoms with Crippen LogP contribution in [0.3, 0.4) is 0 Å². The third-order valence-corrected chi connectivity index (χ3v) is 5.51. The summed E-state index contributed by atoms with van der Waals surface area (Å²) in [6, 6.07) is 7.98. The topological polar surface area (TPSA) is 97.4 Å². The standard InChI is InChI=1S/C24H35N5O3/c1-3-32-24(30)21(19-9-11-22(31-2)28-16-19)17-26-15-14-25-12-5-7-20-10-8-18-6-4-13-27-23(18)29-20/h8-11,16,21,25-26H,3-7,12-15,17H2,1-2H3,(H,27,29)/t21-/m1/s1. The van der Waals surface area contributed by atoms with Crippen molar-refractivity contribution in [3.05, 3.63) is 47.3 Å². The van der Waals surface area contributed by atoms with Crippen molar-refractivity contribution in [3.63, 3.8) is 0 Å². The molecule has 0 aromatic carbocycles. The average molecular weight is 442 g/mol. The molecule has 0 radical (unpaired) electrons. The minimum Gasteiger partial charge on any atom is -0.481 e. The molecule has 0 amide bonds. The Morgan fingerprint density at radius 1 is 1.19 bits per heavy atom. The highest BCUT2D eigenvalue weighted by Crippen LogP contribution is 2.20. The zero-order valence-corrected chi connectivity index (χ0v) is 19.2. The van der Waals surface area contributed by atoms with Gasteiger partial charge in [0.05, 0.1) is 19.6 Å². The highest BCUT2D eigenvalue weighted by atomic mass is 16.5. The summed E-state index contributed by atoms with van der Waals surface area (Å²) in [6.07, 6.45) is 5.98. The number of hydrogen-bond donors (Lipinski definition) is 3. The van der Waals surface area contributed by atoms with E-state index in [1.807, 2.05) is 13.0 Å². The van der Waals surface area contributed by atoms with Crippen molar-refractivity contribution in [2.45, 2.75) is 38.5 Å². The molecule has 8 heteroatoms. The maximum atomic E-state index is 12.4. The zero-order valence-electron chi connectivity index (χ0n) is 19.2. The Kier molecular flexibility index (Phi) is 9.71. The fourth-order valence-corrected chi connectivity index (χ4v) is 3.75. The number of rotatable bonds is 13. The minimum atomic E-state index is -0.392. The number of nitrogens with zero attached hydrogens (tertiary/aromatic N) is 2. The van der Waals surface area contributed by atoms with Gasteiger partial charge < -0.3 is 25.4 Å². The number of hydrogen-bond acceptors (Lipinski definition) is 8. The van der Waals surface area contributed by atoms with Gasteiger partial charge in [0.2, 0.25) is 5.88 Å². The predicted octanol–water partition coefficient (Wildman–Crippen LogP) is 2.30. The van der Waals surface area contributed by atoms with Crippen molar-refractivity contribution in [3.8, 4) is 5.88 Å². The third kappa shape index (κ3) is 7.17. The summed E-state index contributed by atoms with van der Waals surface area (Å²) < 4.78 is 10.3. The minimum absolute atomic E-state index is 0.244. The van der Waals surface area contributed by atoms with E-state index >= 15 is 0 Å². The van der Waals surface area contributed by atoms with Crippen LogP contribution in [0.15, 0.2) is 30.5 Å². The van der Waals surface area contributed by atoms with Crippen LogP contribution in [-0.4, -0.2) is 62.4 Å². The Labute approximate surface area is 190 Å². The molecule has 0 saturated carbocycles. The van der Waals surface area contributed by atoms with E-state index in [9.17, 15) is 4.79 Å². The van der Waals surface area contributed by atoms with Crippen LogP contribution in [0.25, 0.3) is 0 Å². The summed E-state index contributed by atoms with van der Waals surface area (Å²) in [4.78, 5) is 21.3. The normalized spacial score (nSPS) is 13.7.